The Morgan fingerprint density at radius 2 is 1.63 bits per heavy atom. The summed E-state index contributed by atoms with van der Waals surface area (Å²) in [6, 6.07) is 16.7. The lowest BCUT2D eigenvalue weighted by Crippen LogP contribution is -2.18. The van der Waals surface area contributed by atoms with Crippen LogP contribution in [0.5, 0.6) is 0 Å². The molecule has 0 atom stereocenters. The summed E-state index contributed by atoms with van der Waals surface area (Å²) in [4.78, 5) is 24.2. The molecule has 5 nitrogen and oxygen atoms in total. The van der Waals surface area contributed by atoms with Gasteiger partial charge in [-0.05, 0) is 49.2 Å². The molecule has 2 N–H and O–H groups in total. The lowest BCUT2D eigenvalue weighted by molar-refractivity contribution is -0.116. The number of carbonyl (C=O) groups is 2. The van der Waals surface area contributed by atoms with Crippen LogP contribution in [0.15, 0.2) is 65.8 Å². The van der Waals surface area contributed by atoms with E-state index in [0.717, 1.165) is 18.4 Å². The maximum Gasteiger partial charge on any atom is 0.271 e. The van der Waals surface area contributed by atoms with Crippen LogP contribution < -0.4 is 10.7 Å². The predicted octanol–water partition coefficient (Wildman–Crippen LogP) is 5.80. The molecular weight excluding hydrogens is 374 g/mol. The van der Waals surface area contributed by atoms with Crippen molar-refractivity contribution in [2.24, 2.45) is 5.10 Å². The van der Waals surface area contributed by atoms with E-state index in [-0.39, 0.29) is 11.8 Å². The summed E-state index contributed by atoms with van der Waals surface area (Å²) in [6.07, 6.45) is 9.89. The van der Waals surface area contributed by atoms with Crippen LogP contribution in [0.25, 0.3) is 6.08 Å². The first-order chi connectivity index (χ1) is 14.6. The zero-order valence-corrected chi connectivity index (χ0v) is 17.9. The van der Waals surface area contributed by atoms with Gasteiger partial charge < -0.3 is 5.32 Å². The van der Waals surface area contributed by atoms with E-state index in [1.165, 1.54) is 19.3 Å². The van der Waals surface area contributed by atoms with Gasteiger partial charge >= 0.3 is 0 Å². The van der Waals surface area contributed by atoms with Crippen molar-refractivity contribution in [1.82, 2.24) is 5.43 Å². The van der Waals surface area contributed by atoms with Gasteiger partial charge in [0.05, 0.1) is 5.71 Å². The van der Waals surface area contributed by atoms with Gasteiger partial charge in [0.25, 0.3) is 5.91 Å². The summed E-state index contributed by atoms with van der Waals surface area (Å²) in [7, 11) is 0. The van der Waals surface area contributed by atoms with Gasteiger partial charge in [-0.15, -0.1) is 0 Å². The Morgan fingerprint density at radius 1 is 0.933 bits per heavy atom. The molecule has 0 fully saturated rings. The van der Waals surface area contributed by atoms with E-state index in [0.29, 0.717) is 23.4 Å². The highest BCUT2D eigenvalue weighted by molar-refractivity contribution is 5.99. The minimum absolute atomic E-state index is 0.00845. The van der Waals surface area contributed by atoms with Crippen LogP contribution in [-0.2, 0) is 4.79 Å². The topological polar surface area (TPSA) is 70.6 Å². The zero-order chi connectivity index (χ0) is 21.6. The number of hydrazone groups is 1. The summed E-state index contributed by atoms with van der Waals surface area (Å²) in [5.41, 5.74) is 5.48. The molecule has 0 unspecified atom stereocenters. The zero-order valence-electron chi connectivity index (χ0n) is 17.9. The molecule has 0 radical (unpaired) electrons. The fourth-order valence-electron chi connectivity index (χ4n) is 2.84. The number of hydrogen-bond donors (Lipinski definition) is 2. The summed E-state index contributed by atoms with van der Waals surface area (Å²) < 4.78 is 0. The highest BCUT2D eigenvalue weighted by atomic mass is 16.2. The monoisotopic (exact) mass is 405 g/mol. The molecule has 2 aromatic carbocycles. The molecule has 158 valence electrons. The number of anilines is 1. The molecule has 2 aromatic rings. The quantitative estimate of drug-likeness (QED) is 0.281. The van der Waals surface area contributed by atoms with Crippen molar-refractivity contribution in [2.75, 3.05) is 5.32 Å². The van der Waals surface area contributed by atoms with Crippen molar-refractivity contribution in [2.45, 2.75) is 52.4 Å². The maximum absolute atomic E-state index is 12.3. The van der Waals surface area contributed by atoms with Gasteiger partial charge in [-0.3, -0.25) is 9.59 Å². The van der Waals surface area contributed by atoms with E-state index in [9.17, 15) is 9.59 Å². The summed E-state index contributed by atoms with van der Waals surface area (Å²) >= 11 is 0. The summed E-state index contributed by atoms with van der Waals surface area (Å²) in [5.74, 6) is -0.287. The van der Waals surface area contributed by atoms with Crippen molar-refractivity contribution in [1.29, 1.82) is 0 Å². The minimum atomic E-state index is -0.295. The molecule has 0 spiro atoms. The number of hydrogen-bond acceptors (Lipinski definition) is 3. The Hall–Kier alpha value is -3.21. The molecule has 30 heavy (non-hydrogen) atoms. The van der Waals surface area contributed by atoms with Gasteiger partial charge in [-0.25, -0.2) is 5.43 Å². The third-order valence-electron chi connectivity index (χ3n) is 4.59. The van der Waals surface area contributed by atoms with Gasteiger partial charge in [0.2, 0.25) is 5.91 Å². The third kappa shape index (κ3) is 8.86. The average Bonchev–Trinajstić information content (AvgIpc) is 2.77. The Balaban J connectivity index is 1.78. The third-order valence-corrected chi connectivity index (χ3v) is 4.59. The first-order valence-electron chi connectivity index (χ1n) is 10.6. The summed E-state index contributed by atoms with van der Waals surface area (Å²) in [6.45, 7) is 3.99. The standard InChI is InChI=1S/C25H31N3O2/c1-3-4-5-6-10-13-24(29)26-23-18-16-22(17-19-23)25(30)28-27-20(2)14-15-21-11-8-7-9-12-21/h7-9,11-12,14-19H,3-6,10,13H2,1-2H3,(H,26,29)(H,28,30)/b15-14+,27-20?. The average molecular weight is 406 g/mol. The van der Waals surface area contributed by atoms with Crippen molar-refractivity contribution < 1.29 is 9.59 Å². The molecule has 0 heterocycles. The molecule has 2 amide bonds. The Labute approximate surface area is 179 Å². The number of benzene rings is 2. The van der Waals surface area contributed by atoms with Gasteiger partial charge in [0, 0.05) is 17.7 Å². The lowest BCUT2D eigenvalue weighted by Gasteiger charge is -2.06. The van der Waals surface area contributed by atoms with Gasteiger partial charge in [0.15, 0.2) is 0 Å². The fourth-order valence-corrected chi connectivity index (χ4v) is 2.84. The van der Waals surface area contributed by atoms with Crippen LogP contribution in [-0.4, -0.2) is 17.5 Å². The van der Waals surface area contributed by atoms with Crippen LogP contribution in [0.2, 0.25) is 0 Å². The molecular formula is C25H31N3O2. The second kappa shape index (κ2) is 13.1. The Kier molecular flexibility index (Phi) is 10.1. The smallest absolute Gasteiger partial charge is 0.271 e. The van der Waals surface area contributed by atoms with E-state index in [2.05, 4.69) is 22.8 Å². The number of nitrogens with zero attached hydrogens (tertiary/aromatic N) is 1. The van der Waals surface area contributed by atoms with Crippen LogP contribution in [0.1, 0.15) is 68.3 Å². The molecule has 0 aliphatic heterocycles. The van der Waals surface area contributed by atoms with Crippen molar-refractivity contribution in [3.8, 4) is 0 Å². The maximum atomic E-state index is 12.3. The van der Waals surface area contributed by atoms with Crippen molar-refractivity contribution >= 4 is 29.3 Å². The largest absolute Gasteiger partial charge is 0.326 e. The van der Waals surface area contributed by atoms with Crippen LogP contribution in [0.4, 0.5) is 5.69 Å². The van der Waals surface area contributed by atoms with Crippen LogP contribution in [0.3, 0.4) is 0 Å². The molecule has 0 saturated carbocycles. The number of amides is 2. The first-order valence-corrected chi connectivity index (χ1v) is 10.6. The Morgan fingerprint density at radius 3 is 2.33 bits per heavy atom. The van der Waals surface area contributed by atoms with Crippen LogP contribution >= 0.6 is 0 Å². The van der Waals surface area contributed by atoms with E-state index in [1.54, 1.807) is 24.3 Å². The van der Waals surface area contributed by atoms with E-state index in [1.807, 2.05) is 49.4 Å². The number of rotatable bonds is 11. The molecule has 5 heteroatoms. The highest BCUT2D eigenvalue weighted by Gasteiger charge is 2.06. The normalized spacial score (nSPS) is 11.5. The van der Waals surface area contributed by atoms with Crippen molar-refractivity contribution in [3.05, 3.63) is 71.8 Å². The molecule has 0 saturated heterocycles. The van der Waals surface area contributed by atoms with Gasteiger partial charge in [0.1, 0.15) is 0 Å². The second-order valence-corrected chi connectivity index (χ2v) is 7.23. The number of unbranched alkanes of at least 4 members (excludes halogenated alkanes) is 4. The first kappa shape index (κ1) is 23.1. The minimum Gasteiger partial charge on any atom is -0.326 e. The van der Waals surface area contributed by atoms with Gasteiger partial charge in [-0.1, -0.05) is 69.0 Å². The van der Waals surface area contributed by atoms with Crippen LogP contribution in [0, 0.1) is 0 Å². The second-order valence-electron chi connectivity index (χ2n) is 7.23. The predicted molar refractivity (Wildman–Crippen MR) is 124 cm³/mol. The molecule has 0 aromatic heterocycles. The highest BCUT2D eigenvalue weighted by Crippen LogP contribution is 2.12. The number of allylic oxidation sites excluding steroid dienone is 1. The number of nitrogens with one attached hydrogen (secondary N) is 2. The molecule has 0 bridgehead atoms. The van der Waals surface area contributed by atoms with E-state index >= 15 is 0 Å². The van der Waals surface area contributed by atoms with E-state index < -0.39 is 0 Å². The lowest BCUT2D eigenvalue weighted by atomic mass is 10.1. The molecule has 0 aliphatic rings. The SMILES string of the molecule is CCCCCCCC(=O)Nc1ccc(C(=O)NN=C(C)/C=C/c2ccccc2)cc1. The van der Waals surface area contributed by atoms with Crippen molar-refractivity contribution in [3.63, 3.8) is 0 Å². The number of carbonyl (C=O) groups excluding carboxylic acids is 2. The fraction of sp³-hybridized carbons (Fsp3) is 0.320. The Bertz CT molecular complexity index is 856. The van der Waals surface area contributed by atoms with E-state index in [4.69, 9.17) is 0 Å². The summed E-state index contributed by atoms with van der Waals surface area (Å²) in [5, 5.41) is 6.98. The van der Waals surface area contributed by atoms with Gasteiger partial charge in [-0.2, -0.15) is 5.10 Å². The molecule has 2 rings (SSSR count). The molecule has 0 aliphatic carbocycles.